The molecule has 1 amide bonds. The summed E-state index contributed by atoms with van der Waals surface area (Å²) in [5.41, 5.74) is 2.69. The predicted molar refractivity (Wildman–Crippen MR) is 85.7 cm³/mol. The van der Waals surface area contributed by atoms with Crippen LogP contribution < -0.4 is 5.32 Å². The van der Waals surface area contributed by atoms with Gasteiger partial charge in [-0.3, -0.25) is 4.79 Å². The van der Waals surface area contributed by atoms with E-state index >= 15 is 0 Å². The van der Waals surface area contributed by atoms with Crippen LogP contribution in [0.5, 0.6) is 0 Å². The van der Waals surface area contributed by atoms with Crippen molar-refractivity contribution in [3.05, 3.63) is 65.1 Å². The first-order valence-corrected chi connectivity index (χ1v) is 7.10. The molecule has 0 aliphatic carbocycles. The van der Waals surface area contributed by atoms with Crippen LogP contribution in [0.4, 0.5) is 0 Å². The zero-order valence-corrected chi connectivity index (χ0v) is 12.5. The molecule has 0 radical (unpaired) electrons. The Kier molecular flexibility index (Phi) is 3.80. The first-order valence-electron chi connectivity index (χ1n) is 7.10. The van der Waals surface area contributed by atoms with Crippen LogP contribution in [0.2, 0.25) is 0 Å². The smallest absolute Gasteiger partial charge is 0.335 e. The lowest BCUT2D eigenvalue weighted by Crippen LogP contribution is -2.20. The van der Waals surface area contributed by atoms with E-state index < -0.39 is 11.9 Å². The van der Waals surface area contributed by atoms with E-state index in [4.69, 9.17) is 0 Å². The molecule has 1 aromatic carbocycles. The molecule has 0 fully saturated rings. The first-order chi connectivity index (χ1) is 11.1. The highest BCUT2D eigenvalue weighted by Crippen LogP contribution is 2.21. The molecule has 0 bridgehead atoms. The summed E-state index contributed by atoms with van der Waals surface area (Å²) >= 11 is 0. The van der Waals surface area contributed by atoms with Crippen molar-refractivity contribution >= 4 is 22.8 Å². The third kappa shape index (κ3) is 2.91. The van der Waals surface area contributed by atoms with E-state index in [-0.39, 0.29) is 11.3 Å². The van der Waals surface area contributed by atoms with E-state index in [0.29, 0.717) is 12.1 Å². The summed E-state index contributed by atoms with van der Waals surface area (Å²) < 4.78 is 0. The first kappa shape index (κ1) is 14.8. The van der Waals surface area contributed by atoms with Gasteiger partial charge in [-0.25, -0.2) is 9.78 Å². The van der Waals surface area contributed by atoms with Gasteiger partial charge in [0.2, 0.25) is 0 Å². The predicted octanol–water partition coefficient (Wildman–Crippen LogP) is 2.21. The third-order valence-corrected chi connectivity index (χ3v) is 3.63. The van der Waals surface area contributed by atoms with Crippen LogP contribution in [0.15, 0.2) is 42.6 Å². The van der Waals surface area contributed by atoms with Gasteiger partial charge in [0.15, 0.2) is 0 Å². The molecule has 3 aromatic rings. The molecule has 0 unspecified atom stereocenters. The van der Waals surface area contributed by atoms with Crippen molar-refractivity contribution in [3.63, 3.8) is 0 Å². The summed E-state index contributed by atoms with van der Waals surface area (Å²) in [7, 11) is 1.48. The Morgan fingerprint density at radius 2 is 2.04 bits per heavy atom. The topological polar surface area (TPSA) is 95.1 Å². The number of carboxylic acid groups (broad SMARTS) is 1. The lowest BCUT2D eigenvalue weighted by atomic mass is 10.1. The maximum Gasteiger partial charge on any atom is 0.335 e. The van der Waals surface area contributed by atoms with E-state index in [2.05, 4.69) is 15.3 Å². The van der Waals surface area contributed by atoms with Gasteiger partial charge in [0.1, 0.15) is 5.69 Å². The summed E-state index contributed by atoms with van der Waals surface area (Å²) in [6.07, 6.45) is 2.31. The number of hydrogen-bond acceptors (Lipinski definition) is 3. The molecule has 0 saturated carbocycles. The maximum absolute atomic E-state index is 11.8. The molecule has 116 valence electrons. The van der Waals surface area contributed by atoms with Crippen LogP contribution in [-0.4, -0.2) is 34.0 Å². The summed E-state index contributed by atoms with van der Waals surface area (Å²) in [5.74, 6) is -1.49. The van der Waals surface area contributed by atoms with E-state index in [1.807, 2.05) is 30.5 Å². The quantitative estimate of drug-likeness (QED) is 0.688. The van der Waals surface area contributed by atoms with Crippen LogP contribution >= 0.6 is 0 Å². The number of rotatable bonds is 4. The lowest BCUT2D eigenvalue weighted by molar-refractivity contribution is 0.0696. The average molecular weight is 309 g/mol. The van der Waals surface area contributed by atoms with Gasteiger partial charge >= 0.3 is 5.97 Å². The van der Waals surface area contributed by atoms with E-state index in [1.54, 1.807) is 0 Å². The minimum absolute atomic E-state index is 0.0495. The molecule has 6 nitrogen and oxygen atoms in total. The number of aromatic carboxylic acids is 1. The van der Waals surface area contributed by atoms with Crippen molar-refractivity contribution in [2.75, 3.05) is 7.05 Å². The van der Waals surface area contributed by atoms with Crippen molar-refractivity contribution in [1.82, 2.24) is 15.3 Å². The number of nitrogens with one attached hydrogen (secondary N) is 2. The van der Waals surface area contributed by atoms with Gasteiger partial charge in [-0.1, -0.05) is 18.2 Å². The SMILES string of the molecule is CNC(=O)c1cc(C(=O)O)cc(Cc2c[nH]c3ccccc23)n1. The zero-order valence-electron chi connectivity index (χ0n) is 12.5. The van der Waals surface area contributed by atoms with Crippen LogP contribution in [0.25, 0.3) is 10.9 Å². The molecule has 2 heterocycles. The van der Waals surface area contributed by atoms with Crippen molar-refractivity contribution in [2.24, 2.45) is 0 Å². The zero-order chi connectivity index (χ0) is 16.4. The monoisotopic (exact) mass is 309 g/mol. The molecule has 3 N–H and O–H groups in total. The van der Waals surface area contributed by atoms with Gasteiger partial charge in [-0.15, -0.1) is 0 Å². The molecule has 0 aliphatic heterocycles. The molecule has 23 heavy (non-hydrogen) atoms. The Morgan fingerprint density at radius 3 is 2.78 bits per heavy atom. The summed E-state index contributed by atoms with van der Waals surface area (Å²) in [6.45, 7) is 0. The standard InChI is InChI=1S/C17H15N3O3/c1-18-16(21)15-8-10(17(22)23)6-12(20-15)7-11-9-19-14-5-3-2-4-13(11)14/h2-6,8-9,19H,7H2,1H3,(H,18,21)(H,22,23). The molecule has 6 heteroatoms. The summed E-state index contributed by atoms with van der Waals surface area (Å²) in [5, 5.41) is 12.7. The fraction of sp³-hybridized carbons (Fsp3) is 0.118. The number of nitrogens with zero attached hydrogens (tertiary/aromatic N) is 1. The number of hydrogen-bond donors (Lipinski definition) is 3. The minimum atomic E-state index is -1.09. The fourth-order valence-electron chi connectivity index (χ4n) is 2.52. The maximum atomic E-state index is 11.8. The second-order valence-electron chi connectivity index (χ2n) is 5.15. The molecule has 3 rings (SSSR count). The van der Waals surface area contributed by atoms with Crippen molar-refractivity contribution < 1.29 is 14.7 Å². The largest absolute Gasteiger partial charge is 0.478 e. The number of carboxylic acids is 1. The molecule has 0 atom stereocenters. The number of carbonyl (C=O) groups excluding carboxylic acids is 1. The number of aromatic amines is 1. The van der Waals surface area contributed by atoms with Gasteiger partial charge in [0.25, 0.3) is 5.91 Å². The average Bonchev–Trinajstić information content (AvgIpc) is 2.97. The molecular weight excluding hydrogens is 294 g/mol. The highest BCUT2D eigenvalue weighted by Gasteiger charge is 2.14. The summed E-state index contributed by atoms with van der Waals surface area (Å²) in [4.78, 5) is 30.5. The van der Waals surface area contributed by atoms with Crippen LogP contribution in [-0.2, 0) is 6.42 Å². The van der Waals surface area contributed by atoms with Gasteiger partial charge in [0.05, 0.1) is 5.56 Å². The summed E-state index contributed by atoms with van der Waals surface area (Å²) in [6, 6.07) is 10.6. The Bertz CT molecular complexity index is 899. The number of benzene rings is 1. The highest BCUT2D eigenvalue weighted by molar-refractivity contribution is 5.96. The minimum Gasteiger partial charge on any atom is -0.478 e. The fourth-order valence-corrected chi connectivity index (χ4v) is 2.52. The number of pyridine rings is 1. The molecule has 2 aromatic heterocycles. The normalized spacial score (nSPS) is 10.7. The van der Waals surface area contributed by atoms with Gasteiger partial charge < -0.3 is 15.4 Å². The van der Waals surface area contributed by atoms with Crippen LogP contribution in [0.1, 0.15) is 32.1 Å². The molecule has 0 spiro atoms. The second-order valence-corrected chi connectivity index (χ2v) is 5.15. The number of para-hydroxylation sites is 1. The van der Waals surface area contributed by atoms with Crippen LogP contribution in [0.3, 0.4) is 0 Å². The Labute approximate surface area is 132 Å². The highest BCUT2D eigenvalue weighted by atomic mass is 16.4. The number of fused-ring (bicyclic) bond motifs is 1. The van der Waals surface area contributed by atoms with Gasteiger partial charge in [-0.05, 0) is 23.8 Å². The number of H-pyrrole nitrogens is 1. The van der Waals surface area contributed by atoms with Gasteiger partial charge in [-0.2, -0.15) is 0 Å². The molecule has 0 aliphatic rings. The Balaban J connectivity index is 2.03. The molecule has 0 saturated heterocycles. The van der Waals surface area contributed by atoms with E-state index in [0.717, 1.165) is 16.5 Å². The lowest BCUT2D eigenvalue weighted by Gasteiger charge is -2.06. The van der Waals surface area contributed by atoms with Crippen molar-refractivity contribution in [3.8, 4) is 0 Å². The van der Waals surface area contributed by atoms with Gasteiger partial charge in [0, 0.05) is 36.3 Å². The number of amides is 1. The third-order valence-electron chi connectivity index (χ3n) is 3.63. The second kappa shape index (κ2) is 5.92. The van der Waals surface area contributed by atoms with E-state index in [1.165, 1.54) is 19.2 Å². The molecular formula is C17H15N3O3. The van der Waals surface area contributed by atoms with Crippen molar-refractivity contribution in [1.29, 1.82) is 0 Å². The van der Waals surface area contributed by atoms with E-state index in [9.17, 15) is 14.7 Å². The Hall–Kier alpha value is -3.15. The van der Waals surface area contributed by atoms with Crippen LogP contribution in [0, 0.1) is 0 Å². The Morgan fingerprint density at radius 1 is 1.26 bits per heavy atom. The number of aromatic nitrogens is 2. The number of carbonyl (C=O) groups is 2. The van der Waals surface area contributed by atoms with Crippen molar-refractivity contribution in [2.45, 2.75) is 6.42 Å².